The number of fused-ring (bicyclic) bond motifs is 1. The highest BCUT2D eigenvalue weighted by Crippen LogP contribution is 2.28. The van der Waals surface area contributed by atoms with Crippen molar-refractivity contribution in [3.8, 4) is 0 Å². The Labute approximate surface area is 195 Å². The number of nitrogens with zero attached hydrogens (tertiary/aromatic N) is 2. The van der Waals surface area contributed by atoms with Crippen LogP contribution < -0.4 is 10.6 Å². The van der Waals surface area contributed by atoms with Gasteiger partial charge >= 0.3 is 0 Å². The maximum atomic E-state index is 12.8. The Hall–Kier alpha value is -2.25. The van der Waals surface area contributed by atoms with E-state index in [1.807, 2.05) is 19.0 Å². The quantitative estimate of drug-likeness (QED) is 0.376. The van der Waals surface area contributed by atoms with Crippen LogP contribution in [0.3, 0.4) is 0 Å². The number of carbonyl (C=O) groups excluding carboxylic acids is 2. The zero-order valence-electron chi connectivity index (χ0n) is 19.5. The van der Waals surface area contributed by atoms with Gasteiger partial charge in [-0.1, -0.05) is 25.8 Å². The third-order valence-electron chi connectivity index (χ3n) is 6.06. The Morgan fingerprint density at radius 2 is 2.09 bits per heavy atom. The second-order valence-electron chi connectivity index (χ2n) is 8.96. The molecule has 1 aliphatic carbocycles. The van der Waals surface area contributed by atoms with Crippen LogP contribution in [0.25, 0.3) is 10.2 Å². The van der Waals surface area contributed by atoms with Gasteiger partial charge in [-0.3, -0.25) is 9.59 Å². The molecule has 1 amide bonds. The summed E-state index contributed by atoms with van der Waals surface area (Å²) in [6.07, 6.45) is 9.52. The monoisotopic (exact) mass is 456 g/mol. The normalized spacial score (nSPS) is 15.9. The van der Waals surface area contributed by atoms with Gasteiger partial charge in [-0.2, -0.15) is 0 Å². The first kappa shape index (κ1) is 24.4. The van der Waals surface area contributed by atoms with Crippen molar-refractivity contribution in [1.29, 1.82) is 0 Å². The van der Waals surface area contributed by atoms with Crippen LogP contribution in [0.15, 0.2) is 30.0 Å². The lowest BCUT2D eigenvalue weighted by Crippen LogP contribution is -2.45. The summed E-state index contributed by atoms with van der Waals surface area (Å²) in [4.78, 5) is 30.7. The third kappa shape index (κ3) is 7.14. The molecule has 1 aromatic carbocycles. The van der Waals surface area contributed by atoms with Crippen molar-refractivity contribution < 1.29 is 9.59 Å². The number of nitrogens with one attached hydrogen (secondary N) is 2. The molecular weight excluding hydrogens is 420 g/mol. The average molecular weight is 457 g/mol. The van der Waals surface area contributed by atoms with E-state index >= 15 is 0 Å². The van der Waals surface area contributed by atoms with Crippen molar-refractivity contribution in [1.82, 2.24) is 20.5 Å². The Morgan fingerprint density at radius 1 is 1.31 bits per heavy atom. The number of likely N-dealkylation sites (N-methyl/N-ethyl adjacent to an activating group) is 1. The molecular formula is C25H36N4O2S. The molecule has 1 atom stereocenters. The Balaban J connectivity index is 1.55. The molecule has 174 valence electrons. The first-order valence-corrected chi connectivity index (χ1v) is 12.5. The van der Waals surface area contributed by atoms with Gasteiger partial charge in [0.05, 0.1) is 15.2 Å². The molecule has 0 saturated heterocycles. The van der Waals surface area contributed by atoms with Crippen LogP contribution in [0.1, 0.15) is 49.6 Å². The number of aldehydes is 1. The van der Waals surface area contributed by atoms with Gasteiger partial charge in [0, 0.05) is 43.7 Å². The van der Waals surface area contributed by atoms with E-state index in [-0.39, 0.29) is 11.9 Å². The van der Waals surface area contributed by atoms with Crippen molar-refractivity contribution in [2.24, 2.45) is 5.92 Å². The molecule has 1 fully saturated rings. The standard InChI is InChI=1S/C25H36N4O2S/c1-4-18-9-10-21-23(13-18)32-25(28-21)12-11-24(31)27-22(20-7-5-6-8-20)15-26-14-19(17-30)16-29(2)3/h9-10,13-14,17,20,22,26H,4-8,11-12,15-16H2,1-3H3,(H,27,31)/b19-14-. The van der Waals surface area contributed by atoms with Crippen LogP contribution in [0.5, 0.6) is 0 Å². The van der Waals surface area contributed by atoms with E-state index in [2.05, 4.69) is 35.8 Å². The van der Waals surface area contributed by atoms with Gasteiger partial charge in [0.25, 0.3) is 0 Å². The predicted molar refractivity (Wildman–Crippen MR) is 132 cm³/mol. The Kier molecular flexibility index (Phi) is 9.23. The number of aryl methyl sites for hydroxylation is 2. The van der Waals surface area contributed by atoms with Crippen LogP contribution >= 0.6 is 11.3 Å². The van der Waals surface area contributed by atoms with Crippen molar-refractivity contribution >= 4 is 33.7 Å². The molecule has 32 heavy (non-hydrogen) atoms. The van der Waals surface area contributed by atoms with E-state index in [1.54, 1.807) is 17.5 Å². The molecule has 3 rings (SSSR count). The van der Waals surface area contributed by atoms with Crippen LogP contribution in [-0.4, -0.2) is 55.3 Å². The Morgan fingerprint density at radius 3 is 2.78 bits per heavy atom. The minimum Gasteiger partial charge on any atom is -0.388 e. The number of thiazole rings is 1. The number of amides is 1. The van der Waals surface area contributed by atoms with Crippen LogP contribution in [0, 0.1) is 5.92 Å². The highest BCUT2D eigenvalue weighted by Gasteiger charge is 2.26. The molecule has 0 bridgehead atoms. The molecule has 7 heteroatoms. The van der Waals surface area contributed by atoms with E-state index in [1.165, 1.54) is 23.1 Å². The molecule has 0 spiro atoms. The van der Waals surface area contributed by atoms with E-state index in [0.717, 1.165) is 36.1 Å². The summed E-state index contributed by atoms with van der Waals surface area (Å²) < 4.78 is 1.20. The summed E-state index contributed by atoms with van der Waals surface area (Å²) in [5.74, 6) is 0.563. The summed E-state index contributed by atoms with van der Waals surface area (Å²) in [6, 6.07) is 6.49. The van der Waals surface area contributed by atoms with E-state index in [0.29, 0.717) is 37.4 Å². The number of rotatable bonds is 12. The summed E-state index contributed by atoms with van der Waals surface area (Å²) in [6.45, 7) is 3.39. The summed E-state index contributed by atoms with van der Waals surface area (Å²) >= 11 is 1.69. The second-order valence-corrected chi connectivity index (χ2v) is 10.1. The van der Waals surface area contributed by atoms with Gasteiger partial charge < -0.3 is 15.5 Å². The van der Waals surface area contributed by atoms with E-state index in [4.69, 9.17) is 4.98 Å². The lowest BCUT2D eigenvalue weighted by atomic mass is 9.97. The minimum atomic E-state index is 0.0742. The first-order valence-electron chi connectivity index (χ1n) is 11.7. The van der Waals surface area contributed by atoms with Crippen LogP contribution in [0.2, 0.25) is 0 Å². The summed E-state index contributed by atoms with van der Waals surface area (Å²) in [5.41, 5.74) is 3.04. The molecule has 1 aliphatic rings. The van der Waals surface area contributed by atoms with Gasteiger partial charge in [-0.05, 0) is 57.0 Å². The first-order chi connectivity index (χ1) is 15.5. The molecule has 2 aromatic rings. The molecule has 1 heterocycles. The van der Waals surface area contributed by atoms with E-state index in [9.17, 15) is 9.59 Å². The zero-order valence-corrected chi connectivity index (χ0v) is 20.3. The maximum Gasteiger partial charge on any atom is 0.220 e. The predicted octanol–water partition coefficient (Wildman–Crippen LogP) is 3.70. The van der Waals surface area contributed by atoms with E-state index < -0.39 is 0 Å². The smallest absolute Gasteiger partial charge is 0.220 e. The fourth-order valence-corrected chi connectivity index (χ4v) is 5.37. The van der Waals surface area contributed by atoms with Gasteiger partial charge in [-0.15, -0.1) is 11.3 Å². The van der Waals surface area contributed by atoms with Gasteiger partial charge in [0.2, 0.25) is 5.91 Å². The lowest BCUT2D eigenvalue weighted by Gasteiger charge is -2.25. The fraction of sp³-hybridized carbons (Fsp3) is 0.560. The minimum absolute atomic E-state index is 0.0742. The zero-order chi connectivity index (χ0) is 22.9. The average Bonchev–Trinajstić information content (AvgIpc) is 3.45. The fourth-order valence-electron chi connectivity index (χ4n) is 4.34. The molecule has 2 N–H and O–H groups in total. The largest absolute Gasteiger partial charge is 0.388 e. The Bertz CT molecular complexity index is 931. The van der Waals surface area contributed by atoms with Crippen LogP contribution in [0.4, 0.5) is 0 Å². The highest BCUT2D eigenvalue weighted by atomic mass is 32.1. The lowest BCUT2D eigenvalue weighted by molar-refractivity contribution is -0.122. The number of aromatic nitrogens is 1. The second kappa shape index (κ2) is 12.1. The van der Waals surface area contributed by atoms with Crippen molar-refractivity contribution in [2.75, 3.05) is 27.2 Å². The third-order valence-corrected chi connectivity index (χ3v) is 7.14. The highest BCUT2D eigenvalue weighted by molar-refractivity contribution is 7.18. The van der Waals surface area contributed by atoms with Crippen molar-refractivity contribution in [3.63, 3.8) is 0 Å². The molecule has 0 aliphatic heterocycles. The van der Waals surface area contributed by atoms with Crippen molar-refractivity contribution in [3.05, 3.63) is 40.5 Å². The summed E-state index contributed by atoms with van der Waals surface area (Å²) in [7, 11) is 3.88. The molecule has 1 aromatic heterocycles. The SMILES string of the molecule is CCc1ccc2nc(CCC(=O)NC(CN/C=C(\C=O)CN(C)C)C3CCCC3)sc2c1. The molecule has 0 radical (unpaired) electrons. The molecule has 1 unspecified atom stereocenters. The topological polar surface area (TPSA) is 74.3 Å². The molecule has 1 saturated carbocycles. The number of hydrogen-bond acceptors (Lipinski definition) is 6. The van der Waals surface area contributed by atoms with Gasteiger partial charge in [0.15, 0.2) is 0 Å². The van der Waals surface area contributed by atoms with Crippen LogP contribution in [-0.2, 0) is 22.4 Å². The number of carbonyl (C=O) groups is 2. The van der Waals surface area contributed by atoms with Gasteiger partial charge in [-0.25, -0.2) is 4.98 Å². The molecule has 6 nitrogen and oxygen atoms in total. The number of benzene rings is 1. The van der Waals surface area contributed by atoms with Crippen molar-refractivity contribution in [2.45, 2.75) is 57.9 Å². The summed E-state index contributed by atoms with van der Waals surface area (Å²) in [5, 5.41) is 7.56. The maximum absolute atomic E-state index is 12.8. The van der Waals surface area contributed by atoms with Gasteiger partial charge in [0.1, 0.15) is 6.29 Å². The number of hydrogen-bond donors (Lipinski definition) is 2.